The number of hydrogen-bond donors (Lipinski definition) is 0. The average molecular weight is 269 g/mol. The van der Waals surface area contributed by atoms with E-state index in [0.717, 1.165) is 5.56 Å². The summed E-state index contributed by atoms with van der Waals surface area (Å²) in [4.78, 5) is 11.7. The molecule has 5 heteroatoms. The molecule has 2 aromatic heterocycles. The number of aryl methyl sites for hydroxylation is 1. The van der Waals surface area contributed by atoms with Gasteiger partial charge in [-0.15, -0.1) is 0 Å². The fourth-order valence-corrected chi connectivity index (χ4v) is 1.61. The van der Waals surface area contributed by atoms with Crippen LogP contribution in [0.25, 0.3) is 0 Å². The first-order valence-electron chi connectivity index (χ1n) is 4.41. The van der Waals surface area contributed by atoms with Crippen LogP contribution in [0.5, 0.6) is 0 Å². The van der Waals surface area contributed by atoms with E-state index >= 15 is 0 Å². The maximum atomic E-state index is 11.7. The first-order valence-corrected chi connectivity index (χ1v) is 5.20. The van der Waals surface area contributed by atoms with E-state index in [9.17, 15) is 4.79 Å². The van der Waals surface area contributed by atoms with E-state index in [-0.39, 0.29) is 5.78 Å². The molecule has 0 atom stereocenters. The van der Waals surface area contributed by atoms with E-state index in [2.05, 4.69) is 21.0 Å². The van der Waals surface area contributed by atoms with Gasteiger partial charge in [0.2, 0.25) is 5.78 Å². The first-order chi connectivity index (χ1) is 7.15. The average Bonchev–Trinajstić information content (AvgIpc) is 2.75. The summed E-state index contributed by atoms with van der Waals surface area (Å²) in [6.07, 6.45) is 3.81. The molecule has 0 fully saturated rings. The SMILES string of the molecule is Cn1cc(CC(=O)c2ccc(Br)o2)cn1. The maximum Gasteiger partial charge on any atom is 0.202 e. The summed E-state index contributed by atoms with van der Waals surface area (Å²) in [5, 5.41) is 3.99. The van der Waals surface area contributed by atoms with Crippen LogP contribution in [0.2, 0.25) is 0 Å². The van der Waals surface area contributed by atoms with Crippen molar-refractivity contribution in [1.29, 1.82) is 0 Å². The number of hydrogen-bond acceptors (Lipinski definition) is 3. The molecular formula is C10H9BrN2O2. The lowest BCUT2D eigenvalue weighted by Crippen LogP contribution is -2.01. The lowest BCUT2D eigenvalue weighted by Gasteiger charge is -1.93. The summed E-state index contributed by atoms with van der Waals surface area (Å²) in [5.41, 5.74) is 0.884. The van der Waals surface area contributed by atoms with Crippen molar-refractivity contribution in [2.75, 3.05) is 0 Å². The third-order valence-corrected chi connectivity index (χ3v) is 2.40. The molecular weight excluding hydrogens is 260 g/mol. The second-order valence-electron chi connectivity index (χ2n) is 3.23. The van der Waals surface area contributed by atoms with Crippen LogP contribution < -0.4 is 0 Å². The first kappa shape index (κ1) is 10.2. The van der Waals surface area contributed by atoms with Crippen molar-refractivity contribution in [3.05, 3.63) is 40.5 Å². The zero-order chi connectivity index (χ0) is 10.8. The van der Waals surface area contributed by atoms with Crippen molar-refractivity contribution in [2.45, 2.75) is 6.42 Å². The van der Waals surface area contributed by atoms with Gasteiger partial charge >= 0.3 is 0 Å². The Morgan fingerprint density at radius 3 is 2.93 bits per heavy atom. The third-order valence-electron chi connectivity index (χ3n) is 1.97. The molecule has 4 nitrogen and oxygen atoms in total. The highest BCUT2D eigenvalue weighted by molar-refractivity contribution is 9.10. The smallest absolute Gasteiger partial charge is 0.202 e. The number of ketones is 1. The van der Waals surface area contributed by atoms with Gasteiger partial charge in [0.15, 0.2) is 10.4 Å². The van der Waals surface area contributed by atoms with Crippen LogP contribution in [0.1, 0.15) is 16.1 Å². The number of furan rings is 1. The van der Waals surface area contributed by atoms with Gasteiger partial charge in [-0.25, -0.2) is 0 Å². The molecule has 0 aliphatic heterocycles. The minimum Gasteiger partial charge on any atom is -0.446 e. The molecule has 0 aliphatic carbocycles. The van der Waals surface area contributed by atoms with Crippen LogP contribution >= 0.6 is 15.9 Å². The second-order valence-corrected chi connectivity index (χ2v) is 4.01. The van der Waals surface area contributed by atoms with Crippen LogP contribution in [0.15, 0.2) is 33.6 Å². The van der Waals surface area contributed by atoms with E-state index < -0.39 is 0 Å². The summed E-state index contributed by atoms with van der Waals surface area (Å²) in [6, 6.07) is 3.36. The second kappa shape index (κ2) is 4.02. The molecule has 2 aromatic rings. The number of carbonyl (C=O) groups excluding carboxylic acids is 1. The Morgan fingerprint density at radius 2 is 2.40 bits per heavy atom. The minimum absolute atomic E-state index is 0.0475. The topological polar surface area (TPSA) is 48.0 Å². The Balaban J connectivity index is 2.10. The van der Waals surface area contributed by atoms with Gasteiger partial charge in [-0.2, -0.15) is 5.10 Å². The van der Waals surface area contributed by atoms with E-state index in [1.54, 1.807) is 23.0 Å². The van der Waals surface area contributed by atoms with E-state index in [1.165, 1.54) is 0 Å². The molecule has 2 heterocycles. The Kier molecular flexibility index (Phi) is 2.73. The van der Waals surface area contributed by atoms with Crippen LogP contribution in [-0.4, -0.2) is 15.6 Å². The van der Waals surface area contributed by atoms with Gasteiger partial charge in [-0.1, -0.05) is 0 Å². The van der Waals surface area contributed by atoms with Crippen LogP contribution in [0.3, 0.4) is 0 Å². The molecule has 0 saturated heterocycles. The lowest BCUT2D eigenvalue weighted by atomic mass is 10.1. The van der Waals surface area contributed by atoms with Gasteiger partial charge in [-0.05, 0) is 33.6 Å². The normalized spacial score (nSPS) is 10.5. The van der Waals surface area contributed by atoms with Gasteiger partial charge in [0.25, 0.3) is 0 Å². The van der Waals surface area contributed by atoms with Gasteiger partial charge in [0, 0.05) is 19.7 Å². The Labute approximate surface area is 95.0 Å². The number of halogens is 1. The van der Waals surface area contributed by atoms with Gasteiger partial charge in [-0.3, -0.25) is 9.48 Å². The number of rotatable bonds is 3. The molecule has 0 aromatic carbocycles. The molecule has 0 radical (unpaired) electrons. The standard InChI is InChI=1S/C10H9BrN2O2/c1-13-6-7(5-12-13)4-8(14)9-2-3-10(11)15-9/h2-3,5-6H,4H2,1H3. The fourth-order valence-electron chi connectivity index (χ4n) is 1.30. The fraction of sp³-hybridized carbons (Fsp3) is 0.200. The predicted octanol–water partition coefficient (Wildman–Crippen LogP) is 2.20. The molecule has 0 amide bonds. The molecule has 0 N–H and O–H groups in total. The van der Waals surface area contributed by atoms with Crippen LogP contribution in [0, 0.1) is 0 Å². The number of carbonyl (C=O) groups is 1. The maximum absolute atomic E-state index is 11.7. The van der Waals surface area contributed by atoms with E-state index in [0.29, 0.717) is 16.9 Å². The largest absolute Gasteiger partial charge is 0.446 e. The molecule has 78 valence electrons. The molecule has 15 heavy (non-hydrogen) atoms. The van der Waals surface area contributed by atoms with Crippen molar-refractivity contribution in [3.63, 3.8) is 0 Å². The van der Waals surface area contributed by atoms with Crippen molar-refractivity contribution in [2.24, 2.45) is 7.05 Å². The highest BCUT2D eigenvalue weighted by atomic mass is 79.9. The quantitative estimate of drug-likeness (QED) is 0.802. The van der Waals surface area contributed by atoms with Crippen molar-refractivity contribution < 1.29 is 9.21 Å². The summed E-state index contributed by atoms with van der Waals surface area (Å²) >= 11 is 3.15. The van der Waals surface area contributed by atoms with E-state index in [1.807, 2.05) is 13.2 Å². The van der Waals surface area contributed by atoms with Crippen LogP contribution in [0.4, 0.5) is 0 Å². The Hall–Kier alpha value is -1.36. The molecule has 0 aliphatic rings. The minimum atomic E-state index is -0.0475. The Morgan fingerprint density at radius 1 is 1.60 bits per heavy atom. The summed E-state index contributed by atoms with van der Waals surface area (Å²) in [5.74, 6) is 0.319. The monoisotopic (exact) mass is 268 g/mol. The van der Waals surface area contributed by atoms with E-state index in [4.69, 9.17) is 4.42 Å². The van der Waals surface area contributed by atoms with Gasteiger partial charge < -0.3 is 4.42 Å². The number of nitrogens with zero attached hydrogens (tertiary/aromatic N) is 2. The zero-order valence-corrected chi connectivity index (χ0v) is 9.69. The summed E-state index contributed by atoms with van der Waals surface area (Å²) in [7, 11) is 1.82. The zero-order valence-electron chi connectivity index (χ0n) is 8.11. The number of Topliss-reactive ketones (excluding diaryl/α,β-unsaturated/α-hetero) is 1. The Bertz CT molecular complexity index is 487. The molecule has 0 spiro atoms. The summed E-state index contributed by atoms with van der Waals surface area (Å²) < 4.78 is 7.40. The highest BCUT2D eigenvalue weighted by Gasteiger charge is 2.11. The van der Waals surface area contributed by atoms with Crippen LogP contribution in [-0.2, 0) is 13.5 Å². The summed E-state index contributed by atoms with van der Waals surface area (Å²) in [6.45, 7) is 0. The van der Waals surface area contributed by atoms with Crippen molar-refractivity contribution in [1.82, 2.24) is 9.78 Å². The van der Waals surface area contributed by atoms with Gasteiger partial charge in [0.05, 0.1) is 6.20 Å². The molecule has 2 rings (SSSR count). The van der Waals surface area contributed by atoms with Crippen molar-refractivity contribution >= 4 is 21.7 Å². The molecule has 0 bridgehead atoms. The number of aromatic nitrogens is 2. The van der Waals surface area contributed by atoms with Gasteiger partial charge in [0.1, 0.15) is 0 Å². The highest BCUT2D eigenvalue weighted by Crippen LogP contribution is 2.15. The molecule has 0 saturated carbocycles. The molecule has 0 unspecified atom stereocenters. The predicted molar refractivity (Wildman–Crippen MR) is 57.7 cm³/mol. The third kappa shape index (κ3) is 2.36. The van der Waals surface area contributed by atoms with Crippen molar-refractivity contribution in [3.8, 4) is 0 Å². The lowest BCUT2D eigenvalue weighted by molar-refractivity contribution is 0.0965.